The Kier molecular flexibility index (Phi) is 3.26. The first-order valence-electron chi connectivity index (χ1n) is 5.65. The zero-order valence-electron chi connectivity index (χ0n) is 10.3. The Morgan fingerprint density at radius 1 is 1.44 bits per heavy atom. The van der Waals surface area contributed by atoms with Gasteiger partial charge in [-0.15, -0.1) is 0 Å². The Balaban J connectivity index is 2.50. The van der Waals surface area contributed by atoms with E-state index in [2.05, 4.69) is 0 Å². The van der Waals surface area contributed by atoms with Crippen LogP contribution >= 0.6 is 0 Å². The third-order valence-electron chi connectivity index (χ3n) is 3.36. The molecule has 0 amide bonds. The molecule has 1 fully saturated rings. The van der Waals surface area contributed by atoms with Crippen molar-refractivity contribution in [3.63, 3.8) is 0 Å². The number of ether oxygens (including phenoxy) is 2. The molecule has 4 nitrogen and oxygen atoms in total. The van der Waals surface area contributed by atoms with Gasteiger partial charge in [0.2, 0.25) is 0 Å². The monoisotopic (exact) mass is 254 g/mol. The van der Waals surface area contributed by atoms with Crippen molar-refractivity contribution in [2.24, 2.45) is 0 Å². The van der Waals surface area contributed by atoms with Crippen molar-refractivity contribution in [2.45, 2.75) is 24.9 Å². The van der Waals surface area contributed by atoms with Crippen LogP contribution in [0.25, 0.3) is 0 Å². The molecule has 5 heteroatoms. The number of halogens is 1. The summed E-state index contributed by atoms with van der Waals surface area (Å²) < 4.78 is 24.1. The average molecular weight is 254 g/mol. The van der Waals surface area contributed by atoms with Crippen LogP contribution in [-0.2, 0) is 21.6 Å². The minimum Gasteiger partial charge on any atom is -0.493 e. The molecule has 0 saturated heterocycles. The van der Waals surface area contributed by atoms with Crippen molar-refractivity contribution >= 4 is 5.97 Å². The van der Waals surface area contributed by atoms with Crippen LogP contribution < -0.4 is 4.74 Å². The Morgan fingerprint density at radius 3 is 2.56 bits per heavy atom. The van der Waals surface area contributed by atoms with E-state index in [-0.39, 0.29) is 12.4 Å². The maximum absolute atomic E-state index is 14.1. The van der Waals surface area contributed by atoms with E-state index in [4.69, 9.17) is 9.47 Å². The third-order valence-corrected chi connectivity index (χ3v) is 3.36. The van der Waals surface area contributed by atoms with Crippen molar-refractivity contribution in [3.05, 3.63) is 29.1 Å². The lowest BCUT2D eigenvalue weighted by Gasteiger charge is -2.17. The molecule has 1 aliphatic carbocycles. The lowest BCUT2D eigenvalue weighted by Crippen LogP contribution is -2.21. The molecule has 0 aromatic heterocycles. The van der Waals surface area contributed by atoms with E-state index in [1.165, 1.54) is 14.2 Å². The van der Waals surface area contributed by atoms with Gasteiger partial charge in [-0.1, -0.05) is 12.1 Å². The van der Waals surface area contributed by atoms with Gasteiger partial charge >= 0.3 is 5.97 Å². The van der Waals surface area contributed by atoms with Gasteiger partial charge in [-0.25, -0.2) is 4.39 Å². The molecular weight excluding hydrogens is 239 g/mol. The Bertz CT molecular complexity index is 480. The van der Waals surface area contributed by atoms with E-state index in [0.29, 0.717) is 24.0 Å². The van der Waals surface area contributed by atoms with Crippen LogP contribution in [0, 0.1) is 5.82 Å². The van der Waals surface area contributed by atoms with Crippen LogP contribution in [0.15, 0.2) is 12.1 Å². The van der Waals surface area contributed by atoms with Gasteiger partial charge in [0.25, 0.3) is 0 Å². The van der Waals surface area contributed by atoms with Gasteiger partial charge in [0.05, 0.1) is 19.1 Å². The lowest BCUT2D eigenvalue weighted by molar-refractivity contribution is -0.140. The summed E-state index contributed by atoms with van der Waals surface area (Å²) in [6.45, 7) is 0.128. The Labute approximate surface area is 104 Å². The molecule has 2 rings (SSSR count). The normalized spacial score (nSPS) is 16.4. The first-order valence-corrected chi connectivity index (χ1v) is 5.65. The number of carbonyl (C=O) groups is 1. The van der Waals surface area contributed by atoms with Crippen molar-refractivity contribution in [1.29, 1.82) is 0 Å². The number of hydrogen-bond donors (Lipinski definition) is 1. The van der Waals surface area contributed by atoms with Crippen LogP contribution in [0.4, 0.5) is 4.39 Å². The fourth-order valence-electron chi connectivity index (χ4n) is 2.16. The molecule has 0 atom stereocenters. The zero-order valence-corrected chi connectivity index (χ0v) is 10.3. The largest absolute Gasteiger partial charge is 0.493 e. The molecule has 1 N–H and O–H groups in total. The molecule has 1 aliphatic rings. The molecule has 0 radical (unpaired) electrons. The zero-order chi connectivity index (χ0) is 13.3. The molecular formula is C13H15FO4. The van der Waals surface area contributed by atoms with E-state index in [1.54, 1.807) is 12.1 Å². The highest BCUT2D eigenvalue weighted by Crippen LogP contribution is 2.52. The summed E-state index contributed by atoms with van der Waals surface area (Å²) in [5.74, 6) is -1.45. The number of methoxy groups -OCH3 is 2. The van der Waals surface area contributed by atoms with Crippen LogP contribution in [0.3, 0.4) is 0 Å². The van der Waals surface area contributed by atoms with Gasteiger partial charge in [0.1, 0.15) is 0 Å². The highest BCUT2D eigenvalue weighted by atomic mass is 19.1. The van der Waals surface area contributed by atoms with Gasteiger partial charge in [-0.2, -0.15) is 0 Å². The predicted molar refractivity (Wildman–Crippen MR) is 62.2 cm³/mol. The third kappa shape index (κ3) is 1.84. The Morgan fingerprint density at radius 2 is 2.11 bits per heavy atom. The van der Waals surface area contributed by atoms with Crippen LogP contribution in [0.1, 0.15) is 24.0 Å². The molecule has 0 bridgehead atoms. The van der Waals surface area contributed by atoms with E-state index < -0.39 is 17.2 Å². The fourth-order valence-corrected chi connectivity index (χ4v) is 2.16. The molecule has 0 spiro atoms. The number of carboxylic acids is 1. The fraction of sp³-hybridized carbons (Fsp3) is 0.462. The summed E-state index contributed by atoms with van der Waals surface area (Å²) >= 11 is 0. The summed E-state index contributed by atoms with van der Waals surface area (Å²) in [6, 6.07) is 3.18. The van der Waals surface area contributed by atoms with Gasteiger partial charge in [-0.3, -0.25) is 4.79 Å². The number of carboxylic acid groups (broad SMARTS) is 1. The van der Waals surface area contributed by atoms with Crippen molar-refractivity contribution in [2.75, 3.05) is 14.2 Å². The van der Waals surface area contributed by atoms with Gasteiger partial charge in [0, 0.05) is 18.2 Å². The SMILES string of the molecule is COCc1ccc(C2(C(=O)O)CC2)c(OC)c1F. The van der Waals surface area contributed by atoms with Crippen LogP contribution in [-0.4, -0.2) is 25.3 Å². The quantitative estimate of drug-likeness (QED) is 0.874. The number of hydrogen-bond acceptors (Lipinski definition) is 3. The molecule has 0 aliphatic heterocycles. The van der Waals surface area contributed by atoms with Crippen molar-refractivity contribution < 1.29 is 23.8 Å². The van der Waals surface area contributed by atoms with Crippen LogP contribution in [0.2, 0.25) is 0 Å². The summed E-state index contributed by atoms with van der Waals surface area (Å²) in [5, 5.41) is 9.24. The maximum Gasteiger partial charge on any atom is 0.314 e. The van der Waals surface area contributed by atoms with E-state index in [1.807, 2.05) is 0 Å². The predicted octanol–water partition coefficient (Wildman–Crippen LogP) is 2.10. The maximum atomic E-state index is 14.1. The van der Waals surface area contributed by atoms with Gasteiger partial charge in [-0.05, 0) is 12.8 Å². The van der Waals surface area contributed by atoms with E-state index in [9.17, 15) is 14.3 Å². The minimum absolute atomic E-state index is 0.0180. The molecule has 0 unspecified atom stereocenters. The first-order chi connectivity index (χ1) is 8.56. The van der Waals surface area contributed by atoms with Gasteiger partial charge < -0.3 is 14.6 Å². The van der Waals surface area contributed by atoms with E-state index >= 15 is 0 Å². The molecule has 1 saturated carbocycles. The number of benzene rings is 1. The second-order valence-corrected chi connectivity index (χ2v) is 4.44. The molecule has 1 aromatic carbocycles. The summed E-state index contributed by atoms with van der Waals surface area (Å²) in [6.07, 6.45) is 1.03. The Hall–Kier alpha value is -1.62. The number of aliphatic carboxylic acids is 1. The summed E-state index contributed by atoms with van der Waals surface area (Å²) in [7, 11) is 2.82. The topological polar surface area (TPSA) is 55.8 Å². The van der Waals surface area contributed by atoms with Crippen molar-refractivity contribution in [1.82, 2.24) is 0 Å². The second kappa shape index (κ2) is 4.57. The number of rotatable bonds is 5. The summed E-state index contributed by atoms with van der Waals surface area (Å²) in [5.41, 5.74) is -0.202. The second-order valence-electron chi connectivity index (χ2n) is 4.44. The highest BCUT2D eigenvalue weighted by molar-refractivity contribution is 5.86. The minimum atomic E-state index is -0.974. The first kappa shape index (κ1) is 12.8. The lowest BCUT2D eigenvalue weighted by atomic mass is 9.93. The molecule has 0 heterocycles. The molecule has 18 heavy (non-hydrogen) atoms. The molecule has 1 aromatic rings. The van der Waals surface area contributed by atoms with Crippen LogP contribution in [0.5, 0.6) is 5.75 Å². The average Bonchev–Trinajstić information content (AvgIpc) is 3.13. The van der Waals surface area contributed by atoms with Gasteiger partial charge in [0.15, 0.2) is 11.6 Å². The van der Waals surface area contributed by atoms with E-state index in [0.717, 1.165) is 0 Å². The standard InChI is InChI=1S/C13H15FO4/c1-17-7-8-3-4-9(11(18-2)10(8)14)13(5-6-13)12(15)16/h3-4H,5-7H2,1-2H3,(H,15,16). The molecule has 98 valence electrons. The highest BCUT2D eigenvalue weighted by Gasteiger charge is 2.53. The summed E-state index contributed by atoms with van der Waals surface area (Å²) in [4.78, 5) is 11.3. The van der Waals surface area contributed by atoms with Crippen molar-refractivity contribution in [3.8, 4) is 5.75 Å². The smallest absolute Gasteiger partial charge is 0.314 e.